The van der Waals surface area contributed by atoms with Crippen LogP contribution in [0, 0.1) is 13.8 Å². The Bertz CT molecular complexity index is 1730. The van der Waals surface area contributed by atoms with Gasteiger partial charge in [0.25, 0.3) is 12.3 Å². The maximum atomic E-state index is 13.4. The first-order valence-electron chi connectivity index (χ1n) is 12.1. The molecule has 6 rings (SSSR count). The van der Waals surface area contributed by atoms with Gasteiger partial charge in [-0.05, 0) is 44.9 Å². The van der Waals surface area contributed by atoms with Crippen LogP contribution in [0.15, 0.2) is 36.8 Å². The molecule has 13 heteroatoms. The maximum Gasteiger partial charge on any atom is 0.280 e. The lowest BCUT2D eigenvalue weighted by Gasteiger charge is -2.14. The average Bonchev–Trinajstić information content (AvgIpc) is 3.58. The lowest BCUT2D eigenvalue weighted by atomic mass is 9.99. The number of fused-ring (bicyclic) bond motifs is 1. The highest BCUT2D eigenvalue weighted by Crippen LogP contribution is 2.39. The largest absolute Gasteiger partial charge is 0.494 e. The SMILES string of the molecule is COc1cnc(C(F)F)cc1-c1cc(C)ncc1C(=O)Nc1nc2cnc(-c3c(C)nnn3C3CC3)cc2s1. The van der Waals surface area contributed by atoms with Gasteiger partial charge < -0.3 is 4.74 Å². The number of alkyl halides is 2. The molecular weight excluding hydrogens is 526 g/mol. The Morgan fingerprint density at radius 2 is 1.92 bits per heavy atom. The molecule has 5 aromatic rings. The van der Waals surface area contributed by atoms with E-state index >= 15 is 0 Å². The number of nitrogens with zero attached hydrogens (tertiary/aromatic N) is 7. The number of ether oxygens (including phenoxy) is 1. The molecule has 1 aliphatic carbocycles. The molecule has 0 saturated heterocycles. The van der Waals surface area contributed by atoms with Crippen molar-refractivity contribution in [2.75, 3.05) is 12.4 Å². The second kappa shape index (κ2) is 9.73. The summed E-state index contributed by atoms with van der Waals surface area (Å²) in [4.78, 5) is 30.5. The van der Waals surface area contributed by atoms with Crippen molar-refractivity contribution in [2.24, 2.45) is 0 Å². The number of halogens is 2. The van der Waals surface area contributed by atoms with Crippen molar-refractivity contribution in [2.45, 2.75) is 39.2 Å². The number of aryl methyl sites for hydroxylation is 2. The predicted octanol–water partition coefficient (Wildman–Crippen LogP) is 5.56. The van der Waals surface area contributed by atoms with E-state index in [1.807, 2.05) is 17.7 Å². The summed E-state index contributed by atoms with van der Waals surface area (Å²) in [5.74, 6) is -0.234. The number of methoxy groups -OCH3 is 1. The van der Waals surface area contributed by atoms with Crippen molar-refractivity contribution in [1.29, 1.82) is 0 Å². The molecule has 0 spiro atoms. The fourth-order valence-corrected chi connectivity index (χ4v) is 5.21. The Morgan fingerprint density at radius 3 is 2.67 bits per heavy atom. The molecule has 39 heavy (non-hydrogen) atoms. The fraction of sp³-hybridized carbons (Fsp3) is 0.269. The second-order valence-electron chi connectivity index (χ2n) is 9.19. The number of carbonyl (C=O) groups is 1. The van der Waals surface area contributed by atoms with E-state index in [-0.39, 0.29) is 11.3 Å². The summed E-state index contributed by atoms with van der Waals surface area (Å²) in [6.07, 6.45) is 3.65. The Balaban J connectivity index is 1.34. The Morgan fingerprint density at radius 1 is 1.10 bits per heavy atom. The van der Waals surface area contributed by atoms with Crippen LogP contribution in [0.1, 0.15) is 52.7 Å². The summed E-state index contributed by atoms with van der Waals surface area (Å²) in [6, 6.07) is 5.14. The van der Waals surface area contributed by atoms with Crippen LogP contribution in [0.4, 0.5) is 13.9 Å². The fourth-order valence-electron chi connectivity index (χ4n) is 4.34. The number of hydrogen-bond donors (Lipinski definition) is 1. The monoisotopic (exact) mass is 548 g/mol. The Labute approximate surface area is 225 Å². The predicted molar refractivity (Wildman–Crippen MR) is 141 cm³/mol. The van der Waals surface area contributed by atoms with Gasteiger partial charge in [-0.3, -0.25) is 25.1 Å². The van der Waals surface area contributed by atoms with Crippen molar-refractivity contribution in [3.8, 4) is 28.3 Å². The van der Waals surface area contributed by atoms with Crippen LogP contribution in [0.5, 0.6) is 5.75 Å². The maximum absolute atomic E-state index is 13.4. The van der Waals surface area contributed by atoms with Crippen molar-refractivity contribution in [3.05, 3.63) is 59.4 Å². The van der Waals surface area contributed by atoms with E-state index in [9.17, 15) is 13.6 Å². The number of hydrogen-bond acceptors (Lipinski definition) is 9. The molecule has 0 radical (unpaired) electrons. The second-order valence-corrected chi connectivity index (χ2v) is 10.2. The van der Waals surface area contributed by atoms with Crippen LogP contribution in [-0.4, -0.2) is 47.9 Å². The third-order valence-electron chi connectivity index (χ3n) is 6.40. The number of amides is 1. The first-order chi connectivity index (χ1) is 18.8. The summed E-state index contributed by atoms with van der Waals surface area (Å²) in [5, 5.41) is 11.7. The Kier molecular flexibility index (Phi) is 6.22. The normalized spacial score (nSPS) is 13.3. The van der Waals surface area contributed by atoms with Crippen molar-refractivity contribution in [3.63, 3.8) is 0 Å². The molecule has 1 aliphatic rings. The number of rotatable bonds is 7. The number of anilines is 1. The van der Waals surface area contributed by atoms with Gasteiger partial charge >= 0.3 is 0 Å². The zero-order valence-electron chi connectivity index (χ0n) is 21.1. The minimum absolute atomic E-state index is 0.179. The molecule has 10 nitrogen and oxygen atoms in total. The van der Waals surface area contributed by atoms with Crippen molar-refractivity contribution < 1.29 is 18.3 Å². The molecular formula is C26H22F2N8O2S. The number of thiazole rings is 1. The third kappa shape index (κ3) is 4.69. The van der Waals surface area contributed by atoms with E-state index in [1.165, 1.54) is 36.9 Å². The summed E-state index contributed by atoms with van der Waals surface area (Å²) < 4.78 is 34.9. The van der Waals surface area contributed by atoms with Crippen molar-refractivity contribution >= 4 is 32.6 Å². The van der Waals surface area contributed by atoms with Gasteiger partial charge in [-0.1, -0.05) is 16.6 Å². The van der Waals surface area contributed by atoms with Gasteiger partial charge in [0.05, 0.1) is 47.2 Å². The summed E-state index contributed by atoms with van der Waals surface area (Å²) in [6.45, 7) is 3.65. The van der Waals surface area contributed by atoms with E-state index in [0.717, 1.165) is 34.6 Å². The molecule has 1 N–H and O–H groups in total. The molecule has 1 amide bonds. The summed E-state index contributed by atoms with van der Waals surface area (Å²) >= 11 is 1.30. The highest BCUT2D eigenvalue weighted by atomic mass is 32.1. The first-order valence-corrected chi connectivity index (χ1v) is 12.9. The van der Waals surface area contributed by atoms with Gasteiger partial charge in [0.2, 0.25) is 0 Å². The molecule has 0 aromatic carbocycles. The number of pyridine rings is 3. The van der Waals surface area contributed by atoms with Crippen LogP contribution >= 0.6 is 11.3 Å². The molecule has 0 unspecified atom stereocenters. The van der Waals surface area contributed by atoms with Crippen LogP contribution < -0.4 is 10.1 Å². The lowest BCUT2D eigenvalue weighted by molar-refractivity contribution is 0.102. The van der Waals surface area contributed by atoms with E-state index in [0.29, 0.717) is 33.5 Å². The molecule has 0 aliphatic heterocycles. The average molecular weight is 549 g/mol. The van der Waals surface area contributed by atoms with Gasteiger partial charge in [0.1, 0.15) is 22.7 Å². The number of nitrogens with one attached hydrogen (secondary N) is 1. The van der Waals surface area contributed by atoms with Crippen LogP contribution in [0.3, 0.4) is 0 Å². The first kappa shape index (κ1) is 24.9. The van der Waals surface area contributed by atoms with Crippen LogP contribution in [0.25, 0.3) is 32.7 Å². The zero-order valence-corrected chi connectivity index (χ0v) is 22.0. The molecule has 0 atom stereocenters. The van der Waals surface area contributed by atoms with Crippen molar-refractivity contribution in [1.82, 2.24) is 34.9 Å². The molecule has 5 heterocycles. The highest BCUT2D eigenvalue weighted by Gasteiger charge is 2.29. The van der Waals surface area contributed by atoms with E-state index in [4.69, 9.17) is 4.74 Å². The number of aromatic nitrogens is 7. The van der Waals surface area contributed by atoms with Gasteiger partial charge in [-0.2, -0.15) is 0 Å². The van der Waals surface area contributed by atoms with Crippen LogP contribution in [-0.2, 0) is 0 Å². The van der Waals surface area contributed by atoms with E-state index in [2.05, 4.69) is 35.6 Å². The minimum atomic E-state index is -2.78. The van der Waals surface area contributed by atoms with Gasteiger partial charge in [-0.15, -0.1) is 5.10 Å². The summed E-state index contributed by atoms with van der Waals surface area (Å²) in [5.41, 5.74) is 4.11. The van der Waals surface area contributed by atoms with Gasteiger partial charge in [0, 0.05) is 23.0 Å². The lowest BCUT2D eigenvalue weighted by Crippen LogP contribution is -2.14. The molecule has 1 fully saturated rings. The molecule has 1 saturated carbocycles. The van der Waals surface area contributed by atoms with Gasteiger partial charge in [-0.25, -0.2) is 18.4 Å². The van der Waals surface area contributed by atoms with E-state index < -0.39 is 18.0 Å². The smallest absolute Gasteiger partial charge is 0.280 e. The Hall–Kier alpha value is -4.39. The third-order valence-corrected chi connectivity index (χ3v) is 7.33. The molecule has 0 bridgehead atoms. The quantitative estimate of drug-likeness (QED) is 0.281. The highest BCUT2D eigenvalue weighted by molar-refractivity contribution is 7.22. The topological polar surface area (TPSA) is 121 Å². The number of carbonyl (C=O) groups excluding carboxylic acids is 1. The molecule has 5 aromatic heterocycles. The summed E-state index contributed by atoms with van der Waals surface area (Å²) in [7, 11) is 1.41. The van der Waals surface area contributed by atoms with Gasteiger partial charge in [0.15, 0.2) is 5.13 Å². The standard InChI is InChI=1S/C26H22F2N8O2S/c1-12-6-15(16-7-19(24(27)28)31-11-21(16)38-3)17(9-29-12)25(37)33-26-32-20-10-30-18(8-22(20)39-26)23-13(2)34-35-36(23)14-4-5-14/h6-11,14,24H,4-5H2,1-3H3,(H,32,33,37). The van der Waals surface area contributed by atoms with Crippen LogP contribution in [0.2, 0.25) is 0 Å². The van der Waals surface area contributed by atoms with E-state index in [1.54, 1.807) is 19.2 Å². The minimum Gasteiger partial charge on any atom is -0.494 e. The zero-order chi connectivity index (χ0) is 27.3. The molecule has 198 valence electrons.